The molecule has 1 aliphatic carbocycles. The summed E-state index contributed by atoms with van der Waals surface area (Å²) in [4.78, 5) is 118. The molecule has 0 saturated carbocycles. The normalized spacial score (nSPS) is 21.6. The Labute approximate surface area is 375 Å². The van der Waals surface area contributed by atoms with Crippen molar-refractivity contribution in [3.8, 4) is 0 Å². The van der Waals surface area contributed by atoms with Crippen molar-refractivity contribution in [1.82, 2.24) is 46.1 Å². The number of Topliss-reactive ketones (excluding diaryl/α,β-unsaturated/α-hetero) is 2. The van der Waals surface area contributed by atoms with Crippen LogP contribution in [0, 0.1) is 5.92 Å². The first-order chi connectivity index (χ1) is 31.0. The van der Waals surface area contributed by atoms with Crippen LogP contribution in [0.5, 0.6) is 0 Å². The Bertz CT molecular complexity index is 2590. The van der Waals surface area contributed by atoms with Crippen LogP contribution in [0.4, 0.5) is 16.4 Å². The first-order valence-electron chi connectivity index (χ1n) is 20.0. The molecule has 1 aromatic carbocycles. The molecule has 7 rings (SSSR count). The first kappa shape index (κ1) is 46.2. The molecular formula is C39H44N12O12S2. The predicted molar refractivity (Wildman–Crippen MR) is 233 cm³/mol. The number of hydrogen-bond donors (Lipinski definition) is 10. The van der Waals surface area contributed by atoms with Gasteiger partial charge in [0.2, 0.25) is 23.4 Å². The highest BCUT2D eigenvalue weighted by atomic mass is 33.1. The van der Waals surface area contributed by atoms with Crippen molar-refractivity contribution < 1.29 is 53.2 Å². The molecule has 0 spiro atoms. The number of aromatic nitrogens is 4. The summed E-state index contributed by atoms with van der Waals surface area (Å²) < 4.78 is 11.1. The van der Waals surface area contributed by atoms with Gasteiger partial charge in [-0.05, 0) is 37.6 Å². The number of nitrogen functional groups attached to an aromatic ring is 1. The number of carbonyl (C=O) groups excluding carboxylic acids is 5. The highest BCUT2D eigenvalue weighted by molar-refractivity contribution is 8.76. The van der Waals surface area contributed by atoms with Crippen LogP contribution < -0.4 is 43.6 Å². The number of aromatic amines is 1. The zero-order valence-electron chi connectivity index (χ0n) is 34.7. The number of methoxy groups -OCH3 is 1. The van der Waals surface area contributed by atoms with Crippen LogP contribution in [0.1, 0.15) is 35.8 Å². The number of amides is 3. The Morgan fingerprint density at radius 2 is 1.75 bits per heavy atom. The molecule has 5 heterocycles. The van der Waals surface area contributed by atoms with Gasteiger partial charge in [-0.3, -0.25) is 29.0 Å². The molecule has 65 heavy (non-hydrogen) atoms. The fraction of sp³-hybridized carbons (Fsp3) is 0.410. The summed E-state index contributed by atoms with van der Waals surface area (Å²) in [5, 5.41) is 33.7. The molecule has 3 amide bonds. The molecule has 2 saturated heterocycles. The minimum Gasteiger partial charge on any atom is -0.480 e. The van der Waals surface area contributed by atoms with E-state index in [1.807, 2.05) is 0 Å². The molecule has 26 heteroatoms. The minimum absolute atomic E-state index is 0.0161. The second kappa shape index (κ2) is 19.1. The molecule has 2 fully saturated rings. The number of ether oxygens (including phenoxy) is 2. The fourth-order valence-corrected chi connectivity index (χ4v) is 10.2. The number of hydrogen-bond acceptors (Lipinski definition) is 20. The molecule has 6 unspecified atom stereocenters. The van der Waals surface area contributed by atoms with Crippen molar-refractivity contribution in [3.63, 3.8) is 0 Å². The number of rotatable bonds is 21. The molecule has 6 atom stereocenters. The third-order valence-corrected chi connectivity index (χ3v) is 13.7. The van der Waals surface area contributed by atoms with Gasteiger partial charge in [0.1, 0.15) is 18.7 Å². The van der Waals surface area contributed by atoms with Gasteiger partial charge >= 0.3 is 18.0 Å². The van der Waals surface area contributed by atoms with E-state index in [1.165, 1.54) is 36.2 Å². The number of nitrogens with one attached hydrogen (secondary N) is 6. The average molecular weight is 937 g/mol. The third kappa shape index (κ3) is 9.55. The number of anilines is 2. The van der Waals surface area contributed by atoms with Crippen molar-refractivity contribution in [2.75, 3.05) is 49.4 Å². The largest absolute Gasteiger partial charge is 0.480 e. The van der Waals surface area contributed by atoms with Crippen molar-refractivity contribution in [1.29, 1.82) is 0 Å². The van der Waals surface area contributed by atoms with E-state index < -0.39 is 71.3 Å². The van der Waals surface area contributed by atoms with Gasteiger partial charge in [0.15, 0.2) is 16.9 Å². The van der Waals surface area contributed by atoms with Gasteiger partial charge in [-0.25, -0.2) is 24.4 Å². The highest BCUT2D eigenvalue weighted by Crippen LogP contribution is 2.55. The van der Waals surface area contributed by atoms with Gasteiger partial charge < -0.3 is 62.6 Å². The highest BCUT2D eigenvalue weighted by Gasteiger charge is 2.72. The number of ketones is 2. The Kier molecular flexibility index (Phi) is 13.6. The standard InChI is InChI=1S/C39H44N12O12S2/c1-16-26(30(54)25-20(14-63-38(41)61)39(62-2)31-22(47-31)13-51(39)28(25)29(16)53)42-9-10-64-65-15-23(36(59)60)46-24(52)8-7-21(35(57)58)48-33(55)17-3-5-18(6-4-17)43-11-19-12-44-32-27(45-19)34(56)50-37(40)49-32/h3-6,12,20-23,31,42-43,47H,7-11,13-15H2,1-2H3,(H2,41,61)(H,46,52)(H,48,55)(H,57,58)(H,59,60)(H3,40,44,49,50,56). The summed E-state index contributed by atoms with van der Waals surface area (Å²) in [6.07, 6.45) is -0.345. The number of H-pyrrole nitrogens is 1. The van der Waals surface area contributed by atoms with Crippen molar-refractivity contribution in [2.24, 2.45) is 11.7 Å². The van der Waals surface area contributed by atoms with E-state index >= 15 is 0 Å². The molecule has 344 valence electrons. The van der Waals surface area contributed by atoms with Gasteiger partial charge in [0, 0.05) is 66.6 Å². The number of allylic oxidation sites excluding steroid dienone is 2. The van der Waals surface area contributed by atoms with Gasteiger partial charge in [0.05, 0.1) is 41.8 Å². The number of carboxylic acid groups (broad SMARTS) is 2. The summed E-state index contributed by atoms with van der Waals surface area (Å²) in [7, 11) is 3.86. The van der Waals surface area contributed by atoms with Gasteiger partial charge in [-0.2, -0.15) is 4.98 Å². The Morgan fingerprint density at radius 3 is 2.45 bits per heavy atom. The average Bonchev–Trinajstić information content (AvgIpc) is 3.88. The summed E-state index contributed by atoms with van der Waals surface area (Å²) in [5.74, 6) is -5.58. The number of carboxylic acids is 2. The molecule has 2 aromatic heterocycles. The van der Waals surface area contributed by atoms with E-state index in [4.69, 9.17) is 20.9 Å². The maximum atomic E-state index is 14.0. The van der Waals surface area contributed by atoms with Crippen LogP contribution in [-0.2, 0) is 40.0 Å². The fourth-order valence-electron chi connectivity index (χ4n) is 8.10. The molecule has 24 nitrogen and oxygen atoms in total. The number of nitrogens with zero attached hydrogens (tertiary/aromatic N) is 4. The van der Waals surface area contributed by atoms with E-state index in [0.29, 0.717) is 23.7 Å². The number of carbonyl (C=O) groups is 7. The quantitative estimate of drug-likeness (QED) is 0.0260. The van der Waals surface area contributed by atoms with Gasteiger partial charge in [-0.1, -0.05) is 21.6 Å². The predicted octanol–water partition coefficient (Wildman–Crippen LogP) is -1.19. The number of primary amides is 1. The number of aliphatic carboxylic acids is 2. The molecule has 0 radical (unpaired) electrons. The van der Waals surface area contributed by atoms with E-state index in [0.717, 1.165) is 10.8 Å². The molecule has 3 aliphatic heterocycles. The zero-order valence-corrected chi connectivity index (χ0v) is 36.3. The molecule has 12 N–H and O–H groups in total. The lowest BCUT2D eigenvalue weighted by Gasteiger charge is -2.39. The van der Waals surface area contributed by atoms with Crippen LogP contribution >= 0.6 is 21.6 Å². The maximum Gasteiger partial charge on any atom is 0.404 e. The van der Waals surface area contributed by atoms with Crippen LogP contribution in [0.2, 0.25) is 0 Å². The van der Waals surface area contributed by atoms with E-state index in [9.17, 15) is 48.6 Å². The molecule has 0 bridgehead atoms. The number of fused-ring (bicyclic) bond motifs is 5. The van der Waals surface area contributed by atoms with Gasteiger partial charge in [-0.15, -0.1) is 0 Å². The lowest BCUT2D eigenvalue weighted by Crippen LogP contribution is -2.55. The van der Waals surface area contributed by atoms with Crippen LogP contribution in [0.15, 0.2) is 57.8 Å². The van der Waals surface area contributed by atoms with Crippen LogP contribution in [0.25, 0.3) is 11.2 Å². The number of piperazine rings is 1. The van der Waals surface area contributed by atoms with E-state index in [2.05, 4.69) is 46.5 Å². The Balaban J connectivity index is 0.841. The second-order valence-corrected chi connectivity index (χ2v) is 17.9. The third-order valence-electron chi connectivity index (χ3n) is 11.2. The first-order valence-corrected chi connectivity index (χ1v) is 22.5. The summed E-state index contributed by atoms with van der Waals surface area (Å²) in [6.45, 7) is 2.07. The van der Waals surface area contributed by atoms with Crippen molar-refractivity contribution in [2.45, 2.75) is 56.2 Å². The SMILES string of the molecule is COC12C(COC(N)=O)C3=C(C(=O)C(C)=C(NCCSSCC(NC(=O)CCC(NC(=O)c4ccc(NCc5cnc6nc(N)[nH]c(=O)c6n5)cc4)C(=O)O)C(=O)O)C3=O)N1CC1NC12. The van der Waals surface area contributed by atoms with Gasteiger partial charge in [0.25, 0.3) is 11.5 Å². The Morgan fingerprint density at radius 1 is 1.02 bits per heavy atom. The van der Waals surface area contributed by atoms with E-state index in [-0.39, 0.29) is 95.0 Å². The lowest BCUT2D eigenvalue weighted by molar-refractivity contribution is -0.142. The molecule has 3 aromatic rings. The maximum absolute atomic E-state index is 14.0. The van der Waals surface area contributed by atoms with Crippen LogP contribution in [-0.4, -0.2) is 145 Å². The molecular weight excluding hydrogens is 893 g/mol. The number of benzene rings is 1. The van der Waals surface area contributed by atoms with Crippen molar-refractivity contribution in [3.05, 3.63) is 74.6 Å². The monoisotopic (exact) mass is 936 g/mol. The zero-order chi connectivity index (χ0) is 46.7. The molecule has 4 aliphatic rings. The summed E-state index contributed by atoms with van der Waals surface area (Å²) in [5.41, 5.74) is 11.1. The van der Waals surface area contributed by atoms with Crippen LogP contribution in [0.3, 0.4) is 0 Å². The smallest absolute Gasteiger partial charge is 0.404 e. The topological polar surface area (TPSA) is 375 Å². The van der Waals surface area contributed by atoms with E-state index in [1.54, 1.807) is 24.0 Å². The number of nitrogens with two attached hydrogens (primary N) is 2. The minimum atomic E-state index is -1.47. The summed E-state index contributed by atoms with van der Waals surface area (Å²) >= 11 is 0. The van der Waals surface area contributed by atoms with Crippen molar-refractivity contribution >= 4 is 85.8 Å². The summed E-state index contributed by atoms with van der Waals surface area (Å²) in [6, 6.07) is 3.10. The Hall–Kier alpha value is -6.77. The lowest BCUT2D eigenvalue weighted by atomic mass is 9.82. The second-order valence-electron chi connectivity index (χ2n) is 15.2.